The van der Waals surface area contributed by atoms with Gasteiger partial charge in [0.25, 0.3) is 0 Å². The number of rotatable bonds is 5. The Morgan fingerprint density at radius 1 is 1.41 bits per heavy atom. The number of thiazole rings is 1. The predicted octanol–water partition coefficient (Wildman–Crippen LogP) is 3.26. The minimum Gasteiger partial charge on any atom is -0.356 e. The van der Waals surface area contributed by atoms with Crippen molar-refractivity contribution in [2.24, 2.45) is 4.99 Å². The summed E-state index contributed by atoms with van der Waals surface area (Å²) in [6.45, 7) is 3.29. The van der Waals surface area contributed by atoms with Crippen molar-refractivity contribution in [1.29, 1.82) is 0 Å². The summed E-state index contributed by atoms with van der Waals surface area (Å²) in [7, 11) is 1.71. The highest BCUT2D eigenvalue weighted by molar-refractivity contribution is 9.10. The summed E-state index contributed by atoms with van der Waals surface area (Å²) < 4.78 is 14.1. The van der Waals surface area contributed by atoms with E-state index in [1.807, 2.05) is 13.1 Å². The van der Waals surface area contributed by atoms with Crippen molar-refractivity contribution >= 4 is 33.2 Å². The van der Waals surface area contributed by atoms with Gasteiger partial charge in [-0.1, -0.05) is 15.9 Å². The van der Waals surface area contributed by atoms with Crippen LogP contribution in [0.4, 0.5) is 4.39 Å². The molecule has 0 aliphatic carbocycles. The second-order valence-corrected chi connectivity index (χ2v) is 6.88. The summed E-state index contributed by atoms with van der Waals surface area (Å²) in [5, 5.41) is 7.50. The number of aromatic nitrogens is 1. The zero-order chi connectivity index (χ0) is 15.9. The third-order valence-corrected chi connectivity index (χ3v) is 4.72. The van der Waals surface area contributed by atoms with Gasteiger partial charge in [-0.05, 0) is 30.7 Å². The van der Waals surface area contributed by atoms with Crippen LogP contribution in [0.3, 0.4) is 0 Å². The van der Waals surface area contributed by atoms with Gasteiger partial charge in [0, 0.05) is 42.1 Å². The molecule has 2 rings (SSSR count). The smallest absolute Gasteiger partial charge is 0.191 e. The molecule has 2 N–H and O–H groups in total. The maximum absolute atomic E-state index is 13.2. The molecule has 2 aromatic rings. The van der Waals surface area contributed by atoms with E-state index >= 15 is 0 Å². The number of aryl methyl sites for hydroxylation is 1. The van der Waals surface area contributed by atoms with Crippen molar-refractivity contribution in [3.63, 3.8) is 0 Å². The number of hydrogen-bond acceptors (Lipinski definition) is 3. The van der Waals surface area contributed by atoms with Crippen LogP contribution >= 0.6 is 27.3 Å². The summed E-state index contributed by atoms with van der Waals surface area (Å²) in [6, 6.07) is 4.63. The molecule has 0 aliphatic rings. The van der Waals surface area contributed by atoms with Gasteiger partial charge in [0.1, 0.15) is 5.82 Å². The molecule has 0 spiro atoms. The Morgan fingerprint density at radius 2 is 2.23 bits per heavy atom. The molecule has 1 heterocycles. The van der Waals surface area contributed by atoms with Gasteiger partial charge in [-0.25, -0.2) is 9.37 Å². The SMILES string of the molecule is CN=C(NCCc1ncc(C)s1)NCc1cc(F)ccc1Br. The van der Waals surface area contributed by atoms with E-state index in [1.165, 1.54) is 17.0 Å². The van der Waals surface area contributed by atoms with Gasteiger partial charge in [-0.15, -0.1) is 11.3 Å². The van der Waals surface area contributed by atoms with Gasteiger partial charge in [-0.2, -0.15) is 0 Å². The highest BCUT2D eigenvalue weighted by atomic mass is 79.9. The first-order valence-corrected chi connectivity index (χ1v) is 8.49. The fourth-order valence-electron chi connectivity index (χ4n) is 1.88. The molecule has 0 aliphatic heterocycles. The molecule has 0 bridgehead atoms. The number of nitrogens with zero attached hydrogens (tertiary/aromatic N) is 2. The van der Waals surface area contributed by atoms with Crippen molar-refractivity contribution in [1.82, 2.24) is 15.6 Å². The average molecular weight is 385 g/mol. The minimum absolute atomic E-state index is 0.248. The van der Waals surface area contributed by atoms with Crippen molar-refractivity contribution in [2.45, 2.75) is 19.9 Å². The van der Waals surface area contributed by atoms with Crippen LogP contribution < -0.4 is 10.6 Å². The van der Waals surface area contributed by atoms with E-state index in [9.17, 15) is 4.39 Å². The quantitative estimate of drug-likeness (QED) is 0.614. The van der Waals surface area contributed by atoms with Crippen LogP contribution in [0.2, 0.25) is 0 Å². The molecule has 0 saturated heterocycles. The second-order valence-electron chi connectivity index (χ2n) is 4.70. The Hall–Kier alpha value is -1.47. The van der Waals surface area contributed by atoms with Gasteiger partial charge in [0.15, 0.2) is 5.96 Å². The van der Waals surface area contributed by atoms with E-state index in [0.29, 0.717) is 12.5 Å². The first kappa shape index (κ1) is 16.9. The van der Waals surface area contributed by atoms with Gasteiger partial charge in [0.05, 0.1) is 5.01 Å². The molecule has 7 heteroatoms. The van der Waals surface area contributed by atoms with Gasteiger partial charge < -0.3 is 10.6 Å². The number of halogens is 2. The molecule has 0 unspecified atom stereocenters. The Balaban J connectivity index is 1.81. The summed E-state index contributed by atoms with van der Waals surface area (Å²) in [4.78, 5) is 9.70. The third-order valence-electron chi connectivity index (χ3n) is 2.98. The van der Waals surface area contributed by atoms with E-state index in [2.05, 4.69) is 36.5 Å². The number of nitrogens with one attached hydrogen (secondary N) is 2. The molecule has 0 radical (unpaired) electrons. The van der Waals surface area contributed by atoms with Crippen LogP contribution in [0.5, 0.6) is 0 Å². The average Bonchev–Trinajstić information content (AvgIpc) is 2.91. The van der Waals surface area contributed by atoms with Crippen LogP contribution in [-0.2, 0) is 13.0 Å². The largest absolute Gasteiger partial charge is 0.356 e. The monoisotopic (exact) mass is 384 g/mol. The van der Waals surface area contributed by atoms with Gasteiger partial charge in [0.2, 0.25) is 0 Å². The van der Waals surface area contributed by atoms with E-state index in [-0.39, 0.29) is 5.82 Å². The molecular weight excluding hydrogens is 367 g/mol. The molecule has 22 heavy (non-hydrogen) atoms. The number of benzene rings is 1. The van der Waals surface area contributed by atoms with E-state index < -0.39 is 0 Å². The van der Waals surface area contributed by atoms with Crippen molar-refractivity contribution in [3.05, 3.63) is 50.1 Å². The zero-order valence-corrected chi connectivity index (χ0v) is 14.9. The molecular formula is C15H18BrFN4S. The standard InChI is InChI=1S/C15H18BrFN4S/c1-10-8-20-14(22-10)5-6-19-15(18-2)21-9-11-7-12(17)3-4-13(11)16/h3-4,7-8H,5-6,9H2,1-2H3,(H2,18,19,21). The Bertz CT molecular complexity index is 657. The van der Waals surface area contributed by atoms with Gasteiger partial charge in [-0.3, -0.25) is 4.99 Å². The first-order valence-electron chi connectivity index (χ1n) is 6.88. The highest BCUT2D eigenvalue weighted by Gasteiger charge is 2.04. The molecule has 1 aromatic heterocycles. The van der Waals surface area contributed by atoms with E-state index in [0.717, 1.165) is 28.0 Å². The molecule has 0 atom stereocenters. The Morgan fingerprint density at radius 3 is 2.91 bits per heavy atom. The van der Waals surface area contributed by atoms with Crippen LogP contribution in [-0.4, -0.2) is 24.5 Å². The van der Waals surface area contributed by atoms with Crippen LogP contribution in [0.25, 0.3) is 0 Å². The third kappa shape index (κ3) is 5.06. The lowest BCUT2D eigenvalue weighted by Crippen LogP contribution is -2.37. The van der Waals surface area contributed by atoms with Crippen LogP contribution in [0.15, 0.2) is 33.9 Å². The molecule has 4 nitrogen and oxygen atoms in total. The maximum atomic E-state index is 13.2. The number of hydrogen-bond donors (Lipinski definition) is 2. The predicted molar refractivity (Wildman–Crippen MR) is 92.9 cm³/mol. The highest BCUT2D eigenvalue weighted by Crippen LogP contribution is 2.17. The number of aliphatic imine (C=N–C) groups is 1. The Kier molecular flexibility index (Phi) is 6.33. The van der Waals surface area contributed by atoms with E-state index in [4.69, 9.17) is 0 Å². The minimum atomic E-state index is -0.248. The lowest BCUT2D eigenvalue weighted by Gasteiger charge is -2.12. The van der Waals surface area contributed by atoms with Crippen LogP contribution in [0, 0.1) is 12.7 Å². The molecule has 118 valence electrons. The summed E-state index contributed by atoms with van der Waals surface area (Å²) in [6.07, 6.45) is 2.73. The maximum Gasteiger partial charge on any atom is 0.191 e. The van der Waals surface area contributed by atoms with E-state index in [1.54, 1.807) is 24.5 Å². The summed E-state index contributed by atoms with van der Waals surface area (Å²) >= 11 is 5.12. The van der Waals surface area contributed by atoms with Crippen LogP contribution in [0.1, 0.15) is 15.4 Å². The topological polar surface area (TPSA) is 49.3 Å². The van der Waals surface area contributed by atoms with Crippen molar-refractivity contribution in [3.8, 4) is 0 Å². The molecule has 1 aromatic carbocycles. The fourth-order valence-corrected chi connectivity index (χ4v) is 3.06. The number of guanidine groups is 1. The van der Waals surface area contributed by atoms with Gasteiger partial charge >= 0.3 is 0 Å². The lowest BCUT2D eigenvalue weighted by atomic mass is 10.2. The Labute approximate surface area is 142 Å². The fraction of sp³-hybridized carbons (Fsp3) is 0.333. The second kappa shape index (κ2) is 8.24. The van der Waals surface area contributed by atoms with Crippen molar-refractivity contribution < 1.29 is 4.39 Å². The lowest BCUT2D eigenvalue weighted by molar-refractivity contribution is 0.624. The molecule has 0 amide bonds. The molecule has 0 fully saturated rings. The summed E-state index contributed by atoms with van der Waals surface area (Å²) in [5.74, 6) is 0.437. The zero-order valence-electron chi connectivity index (χ0n) is 12.5. The van der Waals surface area contributed by atoms with Crippen molar-refractivity contribution in [2.75, 3.05) is 13.6 Å². The first-order chi connectivity index (χ1) is 10.6. The normalized spacial score (nSPS) is 11.5. The molecule has 0 saturated carbocycles. The summed E-state index contributed by atoms with van der Waals surface area (Å²) in [5.41, 5.74) is 0.846.